The van der Waals surface area contributed by atoms with Crippen molar-refractivity contribution in [3.8, 4) is 0 Å². The molecule has 0 aliphatic carbocycles. The van der Waals surface area contributed by atoms with Crippen molar-refractivity contribution in [1.29, 1.82) is 0 Å². The maximum Gasteiger partial charge on any atom is 0.300 e. The van der Waals surface area contributed by atoms with Crippen LogP contribution in [0.4, 0.5) is 11.7 Å². The maximum atomic E-state index is 12.5. The van der Waals surface area contributed by atoms with E-state index in [1.165, 1.54) is 5.56 Å². The third-order valence-corrected chi connectivity index (χ3v) is 6.29. The van der Waals surface area contributed by atoms with Gasteiger partial charge in [0.05, 0.1) is 11.2 Å². The third kappa shape index (κ3) is 3.33. The van der Waals surface area contributed by atoms with Crippen LogP contribution < -0.4 is 15.8 Å². The molecule has 1 fully saturated rings. The van der Waals surface area contributed by atoms with Crippen molar-refractivity contribution in [2.75, 3.05) is 42.9 Å². The summed E-state index contributed by atoms with van der Waals surface area (Å²) in [5.74, 6) is 0. The van der Waals surface area contributed by atoms with Crippen LogP contribution in [0.5, 0.6) is 0 Å². The lowest BCUT2D eigenvalue weighted by Gasteiger charge is -2.33. The van der Waals surface area contributed by atoms with Crippen molar-refractivity contribution in [2.45, 2.75) is 19.4 Å². The highest BCUT2D eigenvalue weighted by atomic mass is 16.4. The van der Waals surface area contributed by atoms with E-state index in [1.54, 1.807) is 6.20 Å². The standard InChI is InChI=1S/C23H24N6O2/c30-22-17-3-1-7-24-20(17)16-6-5-15(13-18(16)26-22)14-28-9-11-29(12-10-28)23-27-21-19(31-23)4-2-8-25-21/h2,4-6,8,13,24H,1,3,7,9-12,14H2,(H,26,30). The van der Waals surface area contributed by atoms with E-state index in [0.29, 0.717) is 11.7 Å². The molecule has 2 aliphatic rings. The Bertz CT molecular complexity index is 1290. The van der Waals surface area contributed by atoms with Crippen LogP contribution in [0.1, 0.15) is 17.5 Å². The van der Waals surface area contributed by atoms with Gasteiger partial charge in [0.1, 0.15) is 0 Å². The quantitative estimate of drug-likeness (QED) is 0.531. The van der Waals surface area contributed by atoms with Crippen LogP contribution in [-0.4, -0.2) is 52.6 Å². The Morgan fingerprint density at radius 1 is 1.13 bits per heavy atom. The van der Waals surface area contributed by atoms with Gasteiger partial charge >= 0.3 is 0 Å². The number of aromatic amines is 1. The zero-order valence-electron chi connectivity index (χ0n) is 17.2. The van der Waals surface area contributed by atoms with Gasteiger partial charge in [-0.15, -0.1) is 0 Å². The molecule has 0 spiro atoms. The first-order valence-corrected chi connectivity index (χ1v) is 10.9. The number of fused-ring (bicyclic) bond motifs is 4. The molecule has 8 nitrogen and oxygen atoms in total. The number of H-pyrrole nitrogens is 1. The normalized spacial score (nSPS) is 17.1. The van der Waals surface area contributed by atoms with Gasteiger partial charge in [0.15, 0.2) is 5.58 Å². The fourth-order valence-corrected chi connectivity index (χ4v) is 4.65. The molecule has 0 atom stereocenters. The Hall–Kier alpha value is -3.39. The number of hydrogen-bond acceptors (Lipinski definition) is 7. The zero-order chi connectivity index (χ0) is 20.8. The van der Waals surface area contributed by atoms with E-state index in [0.717, 1.165) is 79.8 Å². The summed E-state index contributed by atoms with van der Waals surface area (Å²) < 4.78 is 5.86. The Morgan fingerprint density at radius 2 is 2.03 bits per heavy atom. The van der Waals surface area contributed by atoms with Crippen LogP contribution in [0.25, 0.3) is 22.1 Å². The summed E-state index contributed by atoms with van der Waals surface area (Å²) in [7, 11) is 0. The van der Waals surface area contributed by atoms with Gasteiger partial charge in [-0.2, -0.15) is 4.98 Å². The number of piperazine rings is 1. The number of hydrogen-bond donors (Lipinski definition) is 2. The fraction of sp³-hybridized carbons (Fsp3) is 0.348. The molecule has 0 saturated carbocycles. The van der Waals surface area contributed by atoms with Crippen LogP contribution in [0.15, 0.2) is 45.7 Å². The molecule has 0 radical (unpaired) electrons. The van der Waals surface area contributed by atoms with E-state index in [2.05, 4.69) is 48.3 Å². The van der Waals surface area contributed by atoms with Gasteiger partial charge in [-0.3, -0.25) is 9.69 Å². The van der Waals surface area contributed by atoms with Crippen molar-refractivity contribution in [2.24, 2.45) is 0 Å². The average molecular weight is 416 g/mol. The largest absolute Gasteiger partial charge is 0.422 e. The number of nitrogens with one attached hydrogen (secondary N) is 2. The Balaban J connectivity index is 1.17. The summed E-state index contributed by atoms with van der Waals surface area (Å²) in [6, 6.07) is 10.8. The molecule has 31 heavy (non-hydrogen) atoms. The number of pyridine rings is 2. The van der Waals surface area contributed by atoms with E-state index < -0.39 is 0 Å². The number of aromatic nitrogens is 3. The highest BCUT2D eigenvalue weighted by Crippen LogP contribution is 2.28. The molecule has 0 bridgehead atoms. The average Bonchev–Trinajstić information content (AvgIpc) is 3.24. The van der Waals surface area contributed by atoms with Crippen LogP contribution in [-0.2, 0) is 13.0 Å². The van der Waals surface area contributed by atoms with Crippen LogP contribution in [0.3, 0.4) is 0 Å². The predicted octanol–water partition coefficient (Wildman–Crippen LogP) is 2.74. The Labute approximate surface area is 178 Å². The first-order valence-electron chi connectivity index (χ1n) is 10.9. The van der Waals surface area contributed by atoms with Gasteiger partial charge in [-0.1, -0.05) is 12.1 Å². The first kappa shape index (κ1) is 18.4. The molecular weight excluding hydrogens is 392 g/mol. The van der Waals surface area contributed by atoms with Gasteiger partial charge in [0.2, 0.25) is 5.65 Å². The van der Waals surface area contributed by atoms with Gasteiger partial charge in [0, 0.05) is 56.4 Å². The van der Waals surface area contributed by atoms with Crippen molar-refractivity contribution >= 4 is 33.8 Å². The molecule has 1 saturated heterocycles. The van der Waals surface area contributed by atoms with Crippen LogP contribution in [0.2, 0.25) is 0 Å². The maximum absolute atomic E-state index is 12.5. The minimum atomic E-state index is 0.0355. The second kappa shape index (κ2) is 7.39. The topological polar surface area (TPSA) is 90.3 Å². The smallest absolute Gasteiger partial charge is 0.300 e. The lowest BCUT2D eigenvalue weighted by molar-refractivity contribution is 0.245. The van der Waals surface area contributed by atoms with E-state index in [9.17, 15) is 4.79 Å². The van der Waals surface area contributed by atoms with E-state index in [-0.39, 0.29) is 5.56 Å². The summed E-state index contributed by atoms with van der Waals surface area (Å²) in [5.41, 5.74) is 5.43. The summed E-state index contributed by atoms with van der Waals surface area (Å²) in [4.78, 5) is 28.9. The van der Waals surface area contributed by atoms with Gasteiger partial charge < -0.3 is 19.6 Å². The molecule has 2 aliphatic heterocycles. The minimum absolute atomic E-state index is 0.0355. The minimum Gasteiger partial charge on any atom is -0.422 e. The van der Waals surface area contributed by atoms with Crippen molar-refractivity contribution in [3.05, 3.63) is 58.0 Å². The molecular formula is C23H24N6O2. The molecule has 6 rings (SSSR count). The number of benzene rings is 1. The summed E-state index contributed by atoms with van der Waals surface area (Å²) in [6.07, 6.45) is 3.58. The fourth-order valence-electron chi connectivity index (χ4n) is 4.65. The van der Waals surface area contributed by atoms with E-state index in [4.69, 9.17) is 4.42 Å². The summed E-state index contributed by atoms with van der Waals surface area (Å²) in [6.45, 7) is 5.33. The number of oxazole rings is 1. The molecule has 4 aromatic rings. The third-order valence-electron chi connectivity index (χ3n) is 6.29. The highest BCUT2D eigenvalue weighted by molar-refractivity contribution is 5.93. The van der Waals surface area contributed by atoms with Crippen LogP contribution >= 0.6 is 0 Å². The monoisotopic (exact) mass is 416 g/mol. The first-order chi connectivity index (χ1) is 15.2. The molecule has 8 heteroatoms. The number of anilines is 2. The lowest BCUT2D eigenvalue weighted by atomic mass is 10.0. The molecule has 3 aromatic heterocycles. The Kier molecular flexibility index (Phi) is 4.38. The van der Waals surface area contributed by atoms with Crippen LogP contribution in [0, 0.1) is 0 Å². The SMILES string of the molecule is O=c1[nH]c2cc(CN3CCN(c4nc5ncccc5o4)CC3)ccc2c2c1CCCN2. The zero-order valence-corrected chi connectivity index (χ0v) is 17.2. The second-order valence-corrected chi connectivity index (χ2v) is 8.30. The van der Waals surface area contributed by atoms with Crippen molar-refractivity contribution in [1.82, 2.24) is 19.9 Å². The molecule has 2 N–H and O–H groups in total. The van der Waals surface area contributed by atoms with Crippen molar-refractivity contribution < 1.29 is 4.42 Å². The predicted molar refractivity (Wildman–Crippen MR) is 121 cm³/mol. The Morgan fingerprint density at radius 3 is 2.90 bits per heavy atom. The second-order valence-electron chi connectivity index (χ2n) is 8.30. The van der Waals surface area contributed by atoms with Gasteiger partial charge in [-0.05, 0) is 36.6 Å². The van der Waals surface area contributed by atoms with E-state index in [1.807, 2.05) is 12.1 Å². The molecule has 0 unspecified atom stereocenters. The van der Waals surface area contributed by atoms with E-state index >= 15 is 0 Å². The summed E-state index contributed by atoms with van der Waals surface area (Å²) >= 11 is 0. The van der Waals surface area contributed by atoms with Crippen molar-refractivity contribution in [3.63, 3.8) is 0 Å². The van der Waals surface area contributed by atoms with Gasteiger partial charge in [0.25, 0.3) is 11.6 Å². The number of rotatable bonds is 3. The van der Waals surface area contributed by atoms with Gasteiger partial charge in [-0.25, -0.2) is 4.98 Å². The lowest BCUT2D eigenvalue weighted by Crippen LogP contribution is -2.46. The summed E-state index contributed by atoms with van der Waals surface area (Å²) in [5, 5.41) is 4.53. The highest BCUT2D eigenvalue weighted by Gasteiger charge is 2.22. The molecule has 1 aromatic carbocycles. The molecule has 158 valence electrons. The molecule has 5 heterocycles. The molecule has 0 amide bonds. The number of nitrogens with zero attached hydrogens (tertiary/aromatic N) is 4.